The monoisotopic (exact) mass is 561 g/mol. The Balaban J connectivity index is 1.77. The first-order valence-electron chi connectivity index (χ1n) is 13.4. The van der Waals surface area contributed by atoms with Crippen LogP contribution in [0.1, 0.15) is 71.9 Å². The van der Waals surface area contributed by atoms with Crippen molar-refractivity contribution in [3.8, 4) is 17.2 Å². The molecule has 10 nitrogen and oxygen atoms in total. The lowest BCUT2D eigenvalue weighted by molar-refractivity contribution is -0.136. The quantitative estimate of drug-likeness (QED) is 0.249. The van der Waals surface area contributed by atoms with Gasteiger partial charge in [-0.05, 0) is 37.2 Å². The number of phenolic OH excluding ortho intramolecular Hbond substituents is 1. The van der Waals surface area contributed by atoms with Gasteiger partial charge in [0.05, 0.1) is 31.1 Å². The van der Waals surface area contributed by atoms with Crippen molar-refractivity contribution < 1.29 is 44.0 Å². The summed E-state index contributed by atoms with van der Waals surface area (Å²) >= 11 is 0. The van der Waals surface area contributed by atoms with E-state index in [-0.39, 0.29) is 28.5 Å². The normalized spacial score (nSPS) is 28.1. The second-order valence-corrected chi connectivity index (χ2v) is 12.1. The number of ketones is 3. The summed E-state index contributed by atoms with van der Waals surface area (Å²) in [6.07, 6.45) is 3.46. The van der Waals surface area contributed by atoms with Gasteiger partial charge in [0.1, 0.15) is 28.6 Å². The van der Waals surface area contributed by atoms with Crippen LogP contribution in [0.25, 0.3) is 10.8 Å². The third kappa shape index (κ3) is 2.90. The SMILES string of the molecule is COc1cc(OC)c2c(O)c3c(c4c2c1[C@@]1(C4)C(C)=CCCC1(C)C)C(=O)[C@H]1CC(O)=C(C(N)=O)C(=O)[C@@]1(O)C3=O. The molecule has 4 aliphatic carbocycles. The van der Waals surface area contributed by atoms with Crippen molar-refractivity contribution in [2.45, 2.75) is 57.5 Å². The maximum Gasteiger partial charge on any atom is 0.255 e. The van der Waals surface area contributed by atoms with E-state index in [1.165, 1.54) is 14.2 Å². The molecule has 0 aromatic heterocycles. The average Bonchev–Trinajstić information content (AvgIpc) is 3.27. The van der Waals surface area contributed by atoms with Crippen LogP contribution in [0.4, 0.5) is 0 Å². The number of hydrogen-bond acceptors (Lipinski definition) is 9. The van der Waals surface area contributed by atoms with Crippen molar-refractivity contribution in [3.63, 3.8) is 0 Å². The van der Waals surface area contributed by atoms with Crippen LogP contribution < -0.4 is 15.2 Å². The lowest BCUT2D eigenvalue weighted by Crippen LogP contribution is -2.62. The number of methoxy groups -OCH3 is 2. The maximum absolute atomic E-state index is 14.3. The molecule has 1 amide bonds. The lowest BCUT2D eigenvalue weighted by atomic mass is 9.54. The standard InChI is InChI=1S/C31H31NO9/c1-12-7-6-8-29(2,3)30(12)11-13-18-21(16(40-4)10-17(41-5)23(18)30)25(35)22-19(13)24(34)14-9-15(33)20(28(32)38)26(36)31(14,39)27(22)37/h7,10,14,33,35,39H,6,8-9,11H2,1-5H3,(H2,32,38)/t14-,30-,31-/m1/s1. The molecule has 0 bridgehead atoms. The van der Waals surface area contributed by atoms with Gasteiger partial charge in [0.15, 0.2) is 5.78 Å². The molecular formula is C31H31NO9. The van der Waals surface area contributed by atoms with Crippen molar-refractivity contribution in [1.29, 1.82) is 0 Å². The molecule has 10 heteroatoms. The van der Waals surface area contributed by atoms with Crippen LogP contribution in [0.3, 0.4) is 0 Å². The van der Waals surface area contributed by atoms with E-state index in [2.05, 4.69) is 19.9 Å². The Labute approximate surface area is 235 Å². The number of amides is 1. The van der Waals surface area contributed by atoms with E-state index in [4.69, 9.17) is 15.2 Å². The highest BCUT2D eigenvalue weighted by Crippen LogP contribution is 2.65. The molecule has 41 heavy (non-hydrogen) atoms. The molecule has 0 heterocycles. The number of hydrogen-bond donors (Lipinski definition) is 4. The highest BCUT2D eigenvalue weighted by atomic mass is 16.5. The zero-order valence-electron chi connectivity index (χ0n) is 23.4. The summed E-state index contributed by atoms with van der Waals surface area (Å²) in [6.45, 7) is 6.29. The maximum atomic E-state index is 14.3. The van der Waals surface area contributed by atoms with Crippen LogP contribution in [-0.4, -0.2) is 58.4 Å². The van der Waals surface area contributed by atoms with Crippen molar-refractivity contribution in [2.24, 2.45) is 17.1 Å². The van der Waals surface area contributed by atoms with Gasteiger partial charge < -0.3 is 30.5 Å². The van der Waals surface area contributed by atoms with Gasteiger partial charge in [0.2, 0.25) is 17.2 Å². The Morgan fingerprint density at radius 2 is 1.68 bits per heavy atom. The number of aliphatic hydroxyl groups excluding tert-OH is 1. The van der Waals surface area contributed by atoms with Crippen molar-refractivity contribution in [1.82, 2.24) is 0 Å². The summed E-state index contributed by atoms with van der Waals surface area (Å²) in [7, 11) is 2.92. The van der Waals surface area contributed by atoms with E-state index in [1.807, 2.05) is 6.92 Å². The van der Waals surface area contributed by atoms with Crippen LogP contribution in [-0.2, 0) is 21.4 Å². The van der Waals surface area contributed by atoms with Crippen molar-refractivity contribution in [2.75, 3.05) is 14.2 Å². The Kier molecular flexibility index (Phi) is 5.40. The molecule has 0 radical (unpaired) electrons. The smallest absolute Gasteiger partial charge is 0.255 e. The van der Waals surface area contributed by atoms with Gasteiger partial charge in [-0.15, -0.1) is 0 Å². The zero-order chi connectivity index (χ0) is 30.0. The Bertz CT molecular complexity index is 1730. The zero-order valence-corrected chi connectivity index (χ0v) is 23.4. The molecule has 0 fully saturated rings. The molecule has 4 aliphatic rings. The molecule has 0 unspecified atom stereocenters. The topological polar surface area (TPSA) is 173 Å². The first-order valence-corrected chi connectivity index (χ1v) is 13.4. The highest BCUT2D eigenvalue weighted by Gasteiger charge is 2.64. The number of benzene rings is 2. The Morgan fingerprint density at radius 1 is 1.02 bits per heavy atom. The van der Waals surface area contributed by atoms with Crippen LogP contribution in [0.15, 0.2) is 29.0 Å². The highest BCUT2D eigenvalue weighted by molar-refractivity contribution is 6.38. The molecule has 214 valence electrons. The molecule has 0 saturated carbocycles. The minimum atomic E-state index is -3.03. The van der Waals surface area contributed by atoms with Crippen LogP contribution >= 0.6 is 0 Å². The van der Waals surface area contributed by atoms with Gasteiger partial charge in [-0.3, -0.25) is 19.2 Å². The fourth-order valence-electron chi connectivity index (χ4n) is 8.03. The summed E-state index contributed by atoms with van der Waals surface area (Å²) in [4.78, 5) is 53.7. The molecule has 2 aromatic rings. The predicted octanol–water partition coefficient (Wildman–Crippen LogP) is 3.12. The first-order chi connectivity index (χ1) is 19.2. The van der Waals surface area contributed by atoms with Crippen LogP contribution in [0.5, 0.6) is 17.2 Å². The van der Waals surface area contributed by atoms with Crippen LogP contribution in [0, 0.1) is 11.3 Å². The number of aliphatic hydroxyl groups is 2. The Hall–Kier alpha value is -4.18. The summed E-state index contributed by atoms with van der Waals surface area (Å²) in [5, 5.41) is 34.5. The fraction of sp³-hybridized carbons (Fsp3) is 0.419. The summed E-state index contributed by atoms with van der Waals surface area (Å²) in [5.74, 6) is -7.26. The summed E-state index contributed by atoms with van der Waals surface area (Å²) in [6, 6.07) is 1.63. The van der Waals surface area contributed by atoms with Crippen molar-refractivity contribution in [3.05, 3.63) is 51.3 Å². The molecule has 3 atom stereocenters. The minimum Gasteiger partial charge on any atom is -0.511 e. The third-order valence-electron chi connectivity index (χ3n) is 10.1. The number of nitrogens with two attached hydrogens (primary N) is 1. The van der Waals surface area contributed by atoms with E-state index < -0.39 is 69.3 Å². The molecule has 0 saturated heterocycles. The van der Waals surface area contributed by atoms with E-state index in [9.17, 15) is 34.5 Å². The number of ether oxygens (including phenoxy) is 2. The number of fused-ring (bicyclic) bond motifs is 4. The number of primary amides is 1. The van der Waals surface area contributed by atoms with E-state index in [1.54, 1.807) is 6.07 Å². The van der Waals surface area contributed by atoms with Crippen LogP contribution in [0.2, 0.25) is 0 Å². The predicted molar refractivity (Wildman–Crippen MR) is 146 cm³/mol. The van der Waals surface area contributed by atoms with Crippen molar-refractivity contribution >= 4 is 34.0 Å². The summed E-state index contributed by atoms with van der Waals surface area (Å²) in [5.41, 5.74) is 1.95. The van der Waals surface area contributed by atoms with E-state index in [0.29, 0.717) is 16.7 Å². The number of phenols is 1. The van der Waals surface area contributed by atoms with Gasteiger partial charge in [-0.1, -0.05) is 25.5 Å². The third-order valence-corrected chi connectivity index (χ3v) is 10.1. The average molecular weight is 562 g/mol. The van der Waals surface area contributed by atoms with E-state index >= 15 is 0 Å². The number of carbonyl (C=O) groups is 4. The van der Waals surface area contributed by atoms with Gasteiger partial charge in [0.25, 0.3) is 5.91 Å². The lowest BCUT2D eigenvalue weighted by Gasteiger charge is -2.49. The minimum absolute atomic E-state index is 0.111. The molecule has 0 aliphatic heterocycles. The summed E-state index contributed by atoms with van der Waals surface area (Å²) < 4.78 is 11.5. The number of carbonyl (C=O) groups excluding carboxylic acids is 4. The van der Waals surface area contributed by atoms with Gasteiger partial charge in [-0.2, -0.15) is 0 Å². The second kappa shape index (κ2) is 8.19. The number of Topliss-reactive ketones (excluding diaryl/α,β-unsaturated/α-hetero) is 3. The van der Waals surface area contributed by atoms with Gasteiger partial charge in [0, 0.05) is 34.4 Å². The first kappa shape index (κ1) is 27.0. The fourth-order valence-corrected chi connectivity index (χ4v) is 8.03. The van der Waals surface area contributed by atoms with Gasteiger partial charge >= 0.3 is 0 Å². The molecular weight excluding hydrogens is 530 g/mol. The Morgan fingerprint density at radius 3 is 2.27 bits per heavy atom. The number of rotatable bonds is 3. The largest absolute Gasteiger partial charge is 0.511 e. The molecule has 2 aromatic carbocycles. The molecule has 6 rings (SSSR count). The van der Waals surface area contributed by atoms with E-state index in [0.717, 1.165) is 24.0 Å². The molecule has 1 spiro atoms. The second-order valence-electron chi connectivity index (χ2n) is 12.1. The van der Waals surface area contributed by atoms with Gasteiger partial charge in [-0.25, -0.2) is 0 Å². The molecule has 5 N–H and O–H groups in total. The number of aromatic hydroxyl groups is 1. The number of allylic oxidation sites excluding steroid dienone is 3.